The number of aromatic nitrogens is 8. The Morgan fingerprint density at radius 1 is 0.453 bits per heavy atom. The summed E-state index contributed by atoms with van der Waals surface area (Å²) >= 11 is 13.3. The standard InChI is InChI=1S/C26H22ClN5.C25H21ClN6/c27-23-14-18(8-9-25(23)31-12-4-1-5-13-31)19-15-29-26-22(16-30-32(26)17-19)20-10-11-28-24-7-3-2-6-21(20)24;26-22-13-17(5-6-24(22)31-11-9-27-10-12-31)18-14-29-25-21(15-30-32(25)16-18)19-7-8-28-23-4-2-1-3-20(19)23/h2-3,6-11,14-17H,1,4-5,12-13H2;1-8,13-16,27H,9-12H2. The van der Waals surface area contributed by atoms with E-state index in [2.05, 4.69) is 71.7 Å². The third-order valence-electron chi connectivity index (χ3n) is 12.3. The molecule has 0 bridgehead atoms. The molecule has 0 aliphatic carbocycles. The molecule has 0 atom stereocenters. The number of hydrogen-bond donors (Lipinski definition) is 1. The van der Waals surface area contributed by atoms with Crippen molar-refractivity contribution in [3.63, 3.8) is 0 Å². The van der Waals surface area contributed by atoms with Gasteiger partial charge in [0.15, 0.2) is 11.3 Å². The van der Waals surface area contributed by atoms with E-state index in [4.69, 9.17) is 33.2 Å². The van der Waals surface area contributed by atoms with Gasteiger partial charge in [0.1, 0.15) is 0 Å². The van der Waals surface area contributed by atoms with Gasteiger partial charge in [-0.3, -0.25) is 9.97 Å². The van der Waals surface area contributed by atoms with E-state index in [9.17, 15) is 0 Å². The van der Waals surface area contributed by atoms with Crippen molar-refractivity contribution >= 4 is 67.7 Å². The van der Waals surface area contributed by atoms with E-state index in [0.717, 1.165) is 138 Å². The van der Waals surface area contributed by atoms with Crippen LogP contribution in [-0.4, -0.2) is 78.4 Å². The monoisotopic (exact) mass is 879 g/mol. The van der Waals surface area contributed by atoms with Crippen LogP contribution in [0.1, 0.15) is 19.3 Å². The molecule has 0 saturated carbocycles. The van der Waals surface area contributed by atoms with Crippen molar-refractivity contribution in [3.8, 4) is 44.5 Å². The zero-order valence-electron chi connectivity index (χ0n) is 34.9. The first-order chi connectivity index (χ1) is 31.6. The molecule has 0 unspecified atom stereocenters. The molecule has 12 rings (SSSR count). The molecule has 8 heterocycles. The average Bonchev–Trinajstić information content (AvgIpc) is 3.98. The summed E-state index contributed by atoms with van der Waals surface area (Å²) in [4.78, 5) is 23.2. The molecule has 2 aliphatic heterocycles. The Labute approximate surface area is 380 Å². The Balaban J connectivity index is 0.000000143. The fraction of sp³-hybridized carbons (Fsp3) is 0.176. The number of para-hydroxylation sites is 2. The van der Waals surface area contributed by atoms with Crippen LogP contribution in [0.2, 0.25) is 10.0 Å². The Bertz CT molecular complexity index is 3080. The number of hydrogen-bond acceptors (Lipinski definition) is 9. The van der Waals surface area contributed by atoms with Crippen LogP contribution in [0.5, 0.6) is 0 Å². The lowest BCUT2D eigenvalue weighted by molar-refractivity contribution is 0.578. The summed E-state index contributed by atoms with van der Waals surface area (Å²) in [7, 11) is 0. The number of piperazine rings is 1. The second kappa shape index (κ2) is 17.3. The average molecular weight is 881 g/mol. The topological polar surface area (TPSA) is 105 Å². The molecule has 6 aromatic heterocycles. The van der Waals surface area contributed by atoms with E-state index >= 15 is 0 Å². The van der Waals surface area contributed by atoms with E-state index in [0.29, 0.717) is 0 Å². The Morgan fingerprint density at radius 3 is 1.44 bits per heavy atom. The molecule has 0 amide bonds. The fourth-order valence-corrected chi connectivity index (χ4v) is 9.62. The highest BCUT2D eigenvalue weighted by Crippen LogP contribution is 2.36. The highest BCUT2D eigenvalue weighted by atomic mass is 35.5. The third-order valence-corrected chi connectivity index (χ3v) is 12.9. The molecule has 0 radical (unpaired) electrons. The summed E-state index contributed by atoms with van der Waals surface area (Å²) in [5.74, 6) is 0. The zero-order chi connectivity index (χ0) is 43.0. The summed E-state index contributed by atoms with van der Waals surface area (Å²) in [5.41, 5.74) is 13.9. The third kappa shape index (κ3) is 7.65. The van der Waals surface area contributed by atoms with Crippen LogP contribution in [0.4, 0.5) is 11.4 Å². The Kier molecular flexibility index (Phi) is 10.8. The van der Waals surface area contributed by atoms with E-state index in [1.54, 1.807) is 0 Å². The number of anilines is 2. The van der Waals surface area contributed by atoms with Gasteiger partial charge in [0.25, 0.3) is 0 Å². The first-order valence-corrected chi connectivity index (χ1v) is 22.5. The maximum atomic E-state index is 6.68. The van der Waals surface area contributed by atoms with Gasteiger partial charge in [-0.15, -0.1) is 0 Å². The summed E-state index contributed by atoms with van der Waals surface area (Å²) < 4.78 is 3.67. The summed E-state index contributed by atoms with van der Waals surface area (Å²) in [6.07, 6.45) is 19.0. The zero-order valence-corrected chi connectivity index (χ0v) is 36.5. The van der Waals surface area contributed by atoms with Crippen molar-refractivity contribution in [2.24, 2.45) is 0 Å². The van der Waals surface area contributed by atoms with E-state index in [1.807, 2.05) is 119 Å². The highest BCUT2D eigenvalue weighted by Gasteiger charge is 2.18. The smallest absolute Gasteiger partial charge is 0.162 e. The van der Waals surface area contributed by atoms with Crippen molar-refractivity contribution in [2.75, 3.05) is 49.1 Å². The first kappa shape index (κ1) is 39.9. The molecule has 13 heteroatoms. The van der Waals surface area contributed by atoms with Crippen molar-refractivity contribution in [1.29, 1.82) is 0 Å². The van der Waals surface area contributed by atoms with Gasteiger partial charge >= 0.3 is 0 Å². The van der Waals surface area contributed by atoms with Crippen molar-refractivity contribution in [2.45, 2.75) is 19.3 Å². The van der Waals surface area contributed by atoms with E-state index in [-0.39, 0.29) is 0 Å². The summed E-state index contributed by atoms with van der Waals surface area (Å²) in [6, 6.07) is 32.8. The molecule has 11 nitrogen and oxygen atoms in total. The van der Waals surface area contributed by atoms with Gasteiger partial charge in [0.2, 0.25) is 0 Å². The van der Waals surface area contributed by atoms with Crippen LogP contribution >= 0.6 is 23.2 Å². The van der Waals surface area contributed by atoms with Crippen molar-refractivity contribution in [1.82, 2.24) is 44.5 Å². The minimum absolute atomic E-state index is 0.758. The lowest BCUT2D eigenvalue weighted by atomic mass is 10.0. The molecule has 2 saturated heterocycles. The molecule has 4 aromatic carbocycles. The van der Waals surface area contributed by atoms with Crippen LogP contribution < -0.4 is 15.1 Å². The molecular formula is C51H43Cl2N11. The van der Waals surface area contributed by atoms with Gasteiger partial charge in [0, 0.05) is 109 Å². The molecule has 10 aromatic rings. The molecule has 2 aliphatic rings. The molecule has 316 valence electrons. The fourth-order valence-electron chi connectivity index (χ4n) is 9.02. The minimum atomic E-state index is 0.758. The number of benzene rings is 4. The molecule has 64 heavy (non-hydrogen) atoms. The number of nitrogens with one attached hydrogen (secondary N) is 1. The lowest BCUT2D eigenvalue weighted by Gasteiger charge is -2.30. The van der Waals surface area contributed by atoms with Gasteiger partial charge < -0.3 is 15.1 Å². The second-order valence-electron chi connectivity index (χ2n) is 16.2. The quantitative estimate of drug-likeness (QED) is 0.175. The Morgan fingerprint density at radius 2 is 0.938 bits per heavy atom. The van der Waals surface area contributed by atoms with E-state index < -0.39 is 0 Å². The van der Waals surface area contributed by atoms with Crippen molar-refractivity contribution < 1.29 is 0 Å². The van der Waals surface area contributed by atoms with Gasteiger partial charge in [-0.05, 0) is 90.0 Å². The maximum Gasteiger partial charge on any atom is 0.162 e. The second-order valence-corrected chi connectivity index (χ2v) is 17.0. The van der Waals surface area contributed by atoms with E-state index in [1.165, 1.54) is 19.3 Å². The highest BCUT2D eigenvalue weighted by molar-refractivity contribution is 6.34. The van der Waals surface area contributed by atoms with Gasteiger partial charge in [-0.2, -0.15) is 10.2 Å². The predicted molar refractivity (Wildman–Crippen MR) is 259 cm³/mol. The van der Waals surface area contributed by atoms with Crippen LogP contribution in [0.3, 0.4) is 0 Å². The SMILES string of the molecule is Clc1cc(-c2cnc3c(-c4ccnc5ccccc45)cnn3c2)ccc1N1CCCCC1.Clc1cc(-c2cnc3c(-c4ccnc5ccccc45)cnn3c2)ccc1N1CCNCC1. The number of fused-ring (bicyclic) bond motifs is 4. The molecule has 0 spiro atoms. The molecule has 1 N–H and O–H groups in total. The maximum absolute atomic E-state index is 6.68. The minimum Gasteiger partial charge on any atom is -0.370 e. The van der Waals surface area contributed by atoms with Crippen LogP contribution in [0, 0.1) is 0 Å². The van der Waals surface area contributed by atoms with Gasteiger partial charge in [0.05, 0.1) is 44.8 Å². The number of halogens is 2. The van der Waals surface area contributed by atoms with Crippen LogP contribution in [-0.2, 0) is 0 Å². The van der Waals surface area contributed by atoms with Crippen molar-refractivity contribution in [3.05, 3.63) is 157 Å². The normalized spacial score (nSPS) is 14.3. The number of nitrogens with zero attached hydrogens (tertiary/aromatic N) is 10. The predicted octanol–water partition coefficient (Wildman–Crippen LogP) is 10.9. The first-order valence-electron chi connectivity index (χ1n) is 21.7. The van der Waals surface area contributed by atoms with Crippen LogP contribution in [0.15, 0.2) is 147 Å². The summed E-state index contributed by atoms with van der Waals surface area (Å²) in [5, 5.41) is 16.3. The summed E-state index contributed by atoms with van der Waals surface area (Å²) in [6.45, 7) is 6.04. The largest absolute Gasteiger partial charge is 0.370 e. The Hall–Kier alpha value is -6.92. The van der Waals surface area contributed by atoms with Crippen LogP contribution in [0.25, 0.3) is 77.6 Å². The lowest BCUT2D eigenvalue weighted by Crippen LogP contribution is -2.43. The molecule has 2 fully saturated rings. The van der Waals surface area contributed by atoms with Gasteiger partial charge in [-0.25, -0.2) is 19.0 Å². The number of piperidine rings is 1. The van der Waals surface area contributed by atoms with Gasteiger partial charge in [-0.1, -0.05) is 71.7 Å². The number of pyridine rings is 2. The number of rotatable bonds is 6. The molecular weight excluding hydrogens is 838 g/mol.